The van der Waals surface area contributed by atoms with Crippen molar-refractivity contribution in [3.05, 3.63) is 23.8 Å². The van der Waals surface area contributed by atoms with Crippen LogP contribution in [0.2, 0.25) is 0 Å². The fraction of sp³-hybridized carbons (Fsp3) is 0.500. The van der Waals surface area contributed by atoms with Crippen LogP contribution in [0.4, 0.5) is 0 Å². The van der Waals surface area contributed by atoms with Crippen LogP contribution in [0, 0.1) is 5.92 Å². The zero-order valence-corrected chi connectivity index (χ0v) is 11.4. The first-order valence-electron chi connectivity index (χ1n) is 6.31. The number of methoxy groups -OCH3 is 1. The Bertz CT molecular complexity index is 459. The molecule has 5 nitrogen and oxygen atoms in total. The number of rotatable bonds is 5. The van der Waals surface area contributed by atoms with Gasteiger partial charge in [-0.3, -0.25) is 4.79 Å². The Morgan fingerprint density at radius 2 is 2.11 bits per heavy atom. The molecule has 1 aromatic carbocycles. The Labute approximate surface area is 112 Å². The van der Waals surface area contributed by atoms with E-state index in [4.69, 9.17) is 14.2 Å². The Morgan fingerprint density at radius 1 is 1.37 bits per heavy atom. The van der Waals surface area contributed by atoms with Crippen molar-refractivity contribution in [2.24, 2.45) is 5.92 Å². The molecule has 1 atom stereocenters. The van der Waals surface area contributed by atoms with Gasteiger partial charge in [-0.25, -0.2) is 0 Å². The number of carbonyl (C=O) groups excluding carboxylic acids is 1. The van der Waals surface area contributed by atoms with Crippen molar-refractivity contribution < 1.29 is 19.0 Å². The molecule has 0 aliphatic carbocycles. The third-order valence-corrected chi connectivity index (χ3v) is 3.08. The van der Waals surface area contributed by atoms with Gasteiger partial charge in [0.1, 0.15) is 6.04 Å². The molecule has 0 amide bonds. The first-order valence-corrected chi connectivity index (χ1v) is 6.31. The Hall–Kier alpha value is -1.75. The van der Waals surface area contributed by atoms with Gasteiger partial charge < -0.3 is 19.5 Å². The van der Waals surface area contributed by atoms with Gasteiger partial charge in [-0.2, -0.15) is 0 Å². The molecular formula is C14H19NO4. The minimum Gasteiger partial charge on any atom is -0.468 e. The summed E-state index contributed by atoms with van der Waals surface area (Å²) in [5.74, 6) is 1.44. The van der Waals surface area contributed by atoms with Crippen LogP contribution in [0.25, 0.3) is 0 Å². The number of hydrogen-bond donors (Lipinski definition) is 1. The van der Waals surface area contributed by atoms with Crippen molar-refractivity contribution in [3.8, 4) is 11.5 Å². The number of fused-ring (bicyclic) bond motifs is 1. The SMILES string of the molecule is COC(=O)C(NCc1ccc2c(c1)OCO2)C(C)C. The maximum Gasteiger partial charge on any atom is 0.323 e. The van der Waals surface area contributed by atoms with Crippen LogP contribution in [-0.4, -0.2) is 25.9 Å². The van der Waals surface area contributed by atoms with Gasteiger partial charge in [-0.15, -0.1) is 0 Å². The summed E-state index contributed by atoms with van der Waals surface area (Å²) in [6, 6.07) is 5.44. The molecule has 5 heteroatoms. The molecule has 0 fully saturated rings. The van der Waals surface area contributed by atoms with E-state index in [0.717, 1.165) is 17.1 Å². The summed E-state index contributed by atoms with van der Waals surface area (Å²) >= 11 is 0. The minimum atomic E-state index is -0.310. The van der Waals surface area contributed by atoms with Crippen molar-refractivity contribution in [3.63, 3.8) is 0 Å². The quantitative estimate of drug-likeness (QED) is 0.821. The summed E-state index contributed by atoms with van der Waals surface area (Å²) in [5.41, 5.74) is 1.04. The molecule has 1 aliphatic rings. The molecule has 0 aromatic heterocycles. The molecule has 0 spiro atoms. The van der Waals surface area contributed by atoms with Gasteiger partial charge in [-0.1, -0.05) is 19.9 Å². The Balaban J connectivity index is 1.99. The lowest BCUT2D eigenvalue weighted by Crippen LogP contribution is -2.41. The predicted octanol–water partition coefficient (Wildman–Crippen LogP) is 1.70. The monoisotopic (exact) mass is 265 g/mol. The predicted molar refractivity (Wildman–Crippen MR) is 70.0 cm³/mol. The number of hydrogen-bond acceptors (Lipinski definition) is 5. The highest BCUT2D eigenvalue weighted by Gasteiger charge is 2.22. The van der Waals surface area contributed by atoms with Crippen molar-refractivity contribution in [2.75, 3.05) is 13.9 Å². The summed E-state index contributed by atoms with van der Waals surface area (Å²) in [7, 11) is 1.40. The molecule has 1 unspecified atom stereocenters. The second-order valence-electron chi connectivity index (χ2n) is 4.81. The van der Waals surface area contributed by atoms with E-state index in [9.17, 15) is 4.79 Å². The van der Waals surface area contributed by atoms with Gasteiger partial charge in [0.05, 0.1) is 7.11 Å². The topological polar surface area (TPSA) is 56.8 Å². The number of nitrogens with one attached hydrogen (secondary N) is 1. The van der Waals surface area contributed by atoms with E-state index < -0.39 is 0 Å². The number of benzene rings is 1. The van der Waals surface area contributed by atoms with Crippen molar-refractivity contribution in [1.82, 2.24) is 5.32 Å². The molecule has 0 saturated heterocycles. The summed E-state index contributed by atoms with van der Waals surface area (Å²) in [6.45, 7) is 4.81. The fourth-order valence-electron chi connectivity index (χ4n) is 2.00. The average Bonchev–Trinajstić information content (AvgIpc) is 2.85. The normalized spacial score (nSPS) is 14.5. The molecule has 1 N–H and O–H groups in total. The smallest absolute Gasteiger partial charge is 0.323 e. The molecule has 0 saturated carbocycles. The summed E-state index contributed by atoms with van der Waals surface area (Å²) in [6.07, 6.45) is 0. The van der Waals surface area contributed by atoms with Gasteiger partial charge in [0.25, 0.3) is 0 Å². The molecule has 1 aromatic rings. The molecule has 1 aliphatic heterocycles. The zero-order chi connectivity index (χ0) is 13.8. The maximum absolute atomic E-state index is 11.6. The van der Waals surface area contributed by atoms with Crippen LogP contribution in [0.1, 0.15) is 19.4 Å². The van der Waals surface area contributed by atoms with E-state index in [1.807, 2.05) is 32.0 Å². The van der Waals surface area contributed by atoms with Gasteiger partial charge in [0.15, 0.2) is 11.5 Å². The zero-order valence-electron chi connectivity index (χ0n) is 11.4. The van der Waals surface area contributed by atoms with Gasteiger partial charge >= 0.3 is 5.97 Å². The molecule has 0 bridgehead atoms. The van der Waals surface area contributed by atoms with Crippen LogP contribution in [-0.2, 0) is 16.1 Å². The number of esters is 1. The largest absolute Gasteiger partial charge is 0.468 e. The van der Waals surface area contributed by atoms with E-state index in [2.05, 4.69) is 5.32 Å². The van der Waals surface area contributed by atoms with Crippen LogP contribution in [0.15, 0.2) is 18.2 Å². The van der Waals surface area contributed by atoms with Crippen molar-refractivity contribution >= 4 is 5.97 Å². The lowest BCUT2D eigenvalue weighted by molar-refractivity contribution is -0.144. The third-order valence-electron chi connectivity index (χ3n) is 3.08. The molecular weight excluding hydrogens is 246 g/mol. The third kappa shape index (κ3) is 3.17. The maximum atomic E-state index is 11.6. The van der Waals surface area contributed by atoms with Crippen LogP contribution in [0.5, 0.6) is 11.5 Å². The first kappa shape index (κ1) is 13.7. The van der Waals surface area contributed by atoms with E-state index in [-0.39, 0.29) is 24.7 Å². The van der Waals surface area contributed by atoms with E-state index >= 15 is 0 Å². The van der Waals surface area contributed by atoms with Crippen LogP contribution >= 0.6 is 0 Å². The molecule has 2 rings (SSSR count). The van der Waals surface area contributed by atoms with Crippen LogP contribution < -0.4 is 14.8 Å². The Morgan fingerprint density at radius 3 is 2.79 bits per heavy atom. The van der Waals surface area contributed by atoms with Gasteiger partial charge in [-0.05, 0) is 23.6 Å². The lowest BCUT2D eigenvalue weighted by atomic mass is 10.0. The lowest BCUT2D eigenvalue weighted by Gasteiger charge is -2.19. The number of carbonyl (C=O) groups is 1. The first-order chi connectivity index (χ1) is 9.11. The fourth-order valence-corrected chi connectivity index (χ4v) is 2.00. The number of ether oxygens (including phenoxy) is 3. The molecule has 104 valence electrons. The molecule has 1 heterocycles. The standard InChI is InChI=1S/C14H19NO4/c1-9(2)13(14(16)17-3)15-7-10-4-5-11-12(6-10)19-8-18-11/h4-6,9,13,15H,7-8H2,1-3H3. The van der Waals surface area contributed by atoms with Gasteiger partial charge in [0.2, 0.25) is 6.79 Å². The minimum absolute atomic E-state index is 0.168. The average molecular weight is 265 g/mol. The van der Waals surface area contributed by atoms with Crippen molar-refractivity contribution in [2.45, 2.75) is 26.4 Å². The second-order valence-corrected chi connectivity index (χ2v) is 4.81. The molecule has 0 radical (unpaired) electrons. The highest BCUT2D eigenvalue weighted by Crippen LogP contribution is 2.32. The van der Waals surface area contributed by atoms with E-state index in [1.165, 1.54) is 7.11 Å². The summed E-state index contributed by atoms with van der Waals surface area (Å²) in [4.78, 5) is 11.6. The second kappa shape index (κ2) is 5.93. The van der Waals surface area contributed by atoms with E-state index in [1.54, 1.807) is 0 Å². The van der Waals surface area contributed by atoms with Crippen molar-refractivity contribution in [1.29, 1.82) is 0 Å². The highest BCUT2D eigenvalue weighted by atomic mass is 16.7. The molecule has 19 heavy (non-hydrogen) atoms. The van der Waals surface area contributed by atoms with Gasteiger partial charge in [0, 0.05) is 6.54 Å². The van der Waals surface area contributed by atoms with Crippen LogP contribution in [0.3, 0.4) is 0 Å². The highest BCUT2D eigenvalue weighted by molar-refractivity contribution is 5.75. The summed E-state index contributed by atoms with van der Waals surface area (Å²) < 4.78 is 15.4. The van der Waals surface area contributed by atoms with E-state index in [0.29, 0.717) is 6.54 Å². The Kier molecular flexibility index (Phi) is 4.27. The summed E-state index contributed by atoms with van der Waals surface area (Å²) in [5, 5.41) is 3.21.